The number of carbonyl (C=O) groups excluding carboxylic acids is 1. The number of aryl methyl sites for hydroxylation is 1. The number of ether oxygens (including phenoxy) is 1. The second kappa shape index (κ2) is 9.96. The summed E-state index contributed by atoms with van der Waals surface area (Å²) < 4.78 is 5.45. The van der Waals surface area contributed by atoms with Crippen LogP contribution in [0.25, 0.3) is 11.3 Å². The van der Waals surface area contributed by atoms with Crippen LogP contribution in [0, 0.1) is 6.92 Å². The minimum Gasteiger partial charge on any atom is -0.423 e. The van der Waals surface area contributed by atoms with Crippen molar-refractivity contribution in [2.45, 2.75) is 6.92 Å². The first-order valence-corrected chi connectivity index (χ1v) is 11.2. The van der Waals surface area contributed by atoms with E-state index in [1.165, 1.54) is 11.3 Å². The number of benzene rings is 3. The summed E-state index contributed by atoms with van der Waals surface area (Å²) in [6, 6.07) is 19.7. The van der Waals surface area contributed by atoms with Crippen LogP contribution >= 0.6 is 34.5 Å². The van der Waals surface area contributed by atoms with E-state index in [4.69, 9.17) is 27.9 Å². The van der Waals surface area contributed by atoms with Gasteiger partial charge in [-0.05, 0) is 66.6 Å². The molecular formula is C24H17Cl2N3O2S. The summed E-state index contributed by atoms with van der Waals surface area (Å²) >= 11 is 13.6. The first-order valence-electron chi connectivity index (χ1n) is 9.57. The molecule has 0 aliphatic rings. The van der Waals surface area contributed by atoms with Crippen LogP contribution in [0.2, 0.25) is 10.0 Å². The Hall–Kier alpha value is -3.19. The third kappa shape index (κ3) is 5.34. The fraction of sp³-hybridized carbons (Fsp3) is 0.0417. The lowest BCUT2D eigenvalue weighted by Crippen LogP contribution is -2.10. The van der Waals surface area contributed by atoms with Crippen LogP contribution in [0.5, 0.6) is 5.75 Å². The molecule has 0 atom stereocenters. The van der Waals surface area contributed by atoms with Crippen LogP contribution in [-0.4, -0.2) is 17.2 Å². The number of aromatic nitrogens is 1. The number of carbonyl (C=O) groups is 1. The number of nitrogens with one attached hydrogen (secondary N) is 1. The van der Waals surface area contributed by atoms with Crippen molar-refractivity contribution in [3.63, 3.8) is 0 Å². The van der Waals surface area contributed by atoms with Crippen LogP contribution in [-0.2, 0) is 0 Å². The van der Waals surface area contributed by atoms with Gasteiger partial charge in [0.2, 0.25) is 5.13 Å². The van der Waals surface area contributed by atoms with Gasteiger partial charge in [0, 0.05) is 16.0 Å². The van der Waals surface area contributed by atoms with Crippen LogP contribution in [0.15, 0.2) is 77.2 Å². The number of hydrazone groups is 1. The van der Waals surface area contributed by atoms with Gasteiger partial charge in [0.05, 0.1) is 22.5 Å². The number of halogens is 2. The Balaban J connectivity index is 1.36. The van der Waals surface area contributed by atoms with Crippen molar-refractivity contribution in [2.75, 3.05) is 5.43 Å². The van der Waals surface area contributed by atoms with E-state index in [2.05, 4.69) is 15.5 Å². The van der Waals surface area contributed by atoms with Crippen molar-refractivity contribution in [1.82, 2.24) is 4.98 Å². The third-order valence-corrected chi connectivity index (χ3v) is 5.84. The van der Waals surface area contributed by atoms with E-state index in [0.717, 1.165) is 22.4 Å². The maximum Gasteiger partial charge on any atom is 0.343 e. The zero-order valence-electron chi connectivity index (χ0n) is 16.9. The van der Waals surface area contributed by atoms with Crippen molar-refractivity contribution in [1.29, 1.82) is 0 Å². The highest BCUT2D eigenvalue weighted by Crippen LogP contribution is 2.32. The molecule has 0 aliphatic heterocycles. The summed E-state index contributed by atoms with van der Waals surface area (Å²) in [7, 11) is 0. The highest BCUT2D eigenvalue weighted by atomic mass is 35.5. The molecule has 4 rings (SSSR count). The number of esters is 1. The number of anilines is 1. The molecular weight excluding hydrogens is 465 g/mol. The zero-order chi connectivity index (χ0) is 22.5. The molecule has 3 aromatic carbocycles. The molecule has 0 spiro atoms. The number of hydrogen-bond donors (Lipinski definition) is 1. The fourth-order valence-corrected chi connectivity index (χ4v) is 4.06. The average Bonchev–Trinajstić information content (AvgIpc) is 3.24. The van der Waals surface area contributed by atoms with Gasteiger partial charge < -0.3 is 4.74 Å². The summed E-state index contributed by atoms with van der Waals surface area (Å²) in [6.45, 7) is 1.87. The van der Waals surface area contributed by atoms with Gasteiger partial charge in [-0.1, -0.05) is 41.4 Å². The van der Waals surface area contributed by atoms with Gasteiger partial charge in [0.1, 0.15) is 5.75 Å². The lowest BCUT2D eigenvalue weighted by atomic mass is 10.1. The molecule has 0 radical (unpaired) electrons. The molecule has 0 unspecified atom stereocenters. The maximum atomic E-state index is 12.3. The van der Waals surface area contributed by atoms with E-state index < -0.39 is 0 Å². The average molecular weight is 482 g/mol. The smallest absolute Gasteiger partial charge is 0.343 e. The minimum absolute atomic E-state index is 0.383. The van der Waals surface area contributed by atoms with Crippen molar-refractivity contribution >= 4 is 51.9 Å². The van der Waals surface area contributed by atoms with Gasteiger partial charge in [-0.15, -0.1) is 11.3 Å². The fourth-order valence-electron chi connectivity index (χ4n) is 2.89. The summed E-state index contributed by atoms with van der Waals surface area (Å²) in [5.41, 5.74) is 6.72. The number of rotatable bonds is 6. The largest absolute Gasteiger partial charge is 0.423 e. The zero-order valence-corrected chi connectivity index (χ0v) is 19.2. The monoisotopic (exact) mass is 481 g/mol. The minimum atomic E-state index is -0.383. The van der Waals surface area contributed by atoms with Gasteiger partial charge in [-0.3, -0.25) is 5.43 Å². The first kappa shape index (κ1) is 22.0. The lowest BCUT2D eigenvalue weighted by Gasteiger charge is -2.06. The Labute approximate surface area is 199 Å². The normalized spacial score (nSPS) is 11.0. The molecule has 0 bridgehead atoms. The Morgan fingerprint density at radius 3 is 2.62 bits per heavy atom. The second-order valence-corrected chi connectivity index (χ2v) is 8.51. The molecule has 0 aliphatic carbocycles. The quantitative estimate of drug-likeness (QED) is 0.138. The molecule has 8 heteroatoms. The molecule has 5 nitrogen and oxygen atoms in total. The number of nitrogens with zero attached hydrogens (tertiary/aromatic N) is 2. The number of hydrogen-bond acceptors (Lipinski definition) is 6. The van der Waals surface area contributed by atoms with Crippen molar-refractivity contribution in [3.8, 4) is 17.0 Å². The Kier molecular flexibility index (Phi) is 6.85. The SMILES string of the molecule is Cc1ccccc1C(=O)Oc1ccc(/C=N\Nc2nc(-c3ccc(Cl)cc3Cl)cs2)cc1. The van der Waals surface area contributed by atoms with Crippen molar-refractivity contribution in [2.24, 2.45) is 5.10 Å². The van der Waals surface area contributed by atoms with E-state index in [1.807, 2.05) is 48.7 Å². The maximum absolute atomic E-state index is 12.3. The molecule has 4 aromatic rings. The van der Waals surface area contributed by atoms with Crippen LogP contribution in [0.4, 0.5) is 5.13 Å². The first-order chi connectivity index (χ1) is 15.5. The Morgan fingerprint density at radius 2 is 1.88 bits per heavy atom. The second-order valence-electron chi connectivity index (χ2n) is 6.81. The van der Waals surface area contributed by atoms with Crippen LogP contribution in [0.3, 0.4) is 0 Å². The van der Waals surface area contributed by atoms with Crippen LogP contribution in [0.1, 0.15) is 21.5 Å². The van der Waals surface area contributed by atoms with E-state index in [9.17, 15) is 4.79 Å². The molecule has 0 amide bonds. The molecule has 0 fully saturated rings. The molecule has 1 N–H and O–H groups in total. The molecule has 1 aromatic heterocycles. The highest BCUT2D eigenvalue weighted by molar-refractivity contribution is 7.14. The topological polar surface area (TPSA) is 63.6 Å². The molecule has 1 heterocycles. The van der Waals surface area contributed by atoms with E-state index in [-0.39, 0.29) is 5.97 Å². The molecule has 0 saturated heterocycles. The van der Waals surface area contributed by atoms with Gasteiger partial charge in [0.15, 0.2) is 0 Å². The standard InChI is InChI=1S/C24H17Cl2N3O2S/c1-15-4-2-3-5-19(15)23(30)31-18-9-6-16(7-10-18)13-27-29-24-28-22(14-32-24)20-11-8-17(25)12-21(20)26/h2-14H,1H3,(H,28,29)/b27-13-. The van der Waals surface area contributed by atoms with Gasteiger partial charge in [-0.25, -0.2) is 9.78 Å². The predicted molar refractivity (Wildman–Crippen MR) is 131 cm³/mol. The van der Waals surface area contributed by atoms with Gasteiger partial charge >= 0.3 is 5.97 Å². The van der Waals surface area contributed by atoms with Crippen molar-refractivity contribution < 1.29 is 9.53 Å². The van der Waals surface area contributed by atoms with Crippen molar-refractivity contribution in [3.05, 3.63) is 98.8 Å². The summed E-state index contributed by atoms with van der Waals surface area (Å²) in [4.78, 5) is 16.8. The number of thiazole rings is 1. The summed E-state index contributed by atoms with van der Waals surface area (Å²) in [5, 5.41) is 7.86. The summed E-state index contributed by atoms with van der Waals surface area (Å²) in [5.74, 6) is 0.0827. The van der Waals surface area contributed by atoms with Gasteiger partial charge in [0.25, 0.3) is 0 Å². The van der Waals surface area contributed by atoms with E-state index in [0.29, 0.717) is 26.5 Å². The Morgan fingerprint density at radius 1 is 1.09 bits per heavy atom. The third-order valence-electron chi connectivity index (χ3n) is 4.54. The van der Waals surface area contributed by atoms with Crippen LogP contribution < -0.4 is 10.2 Å². The predicted octanol–water partition coefficient (Wildman–Crippen LogP) is 7.09. The van der Waals surface area contributed by atoms with Gasteiger partial charge in [-0.2, -0.15) is 5.10 Å². The Bertz CT molecular complexity index is 1290. The summed E-state index contributed by atoms with van der Waals surface area (Å²) in [6.07, 6.45) is 1.66. The lowest BCUT2D eigenvalue weighted by molar-refractivity contribution is 0.0734. The highest BCUT2D eigenvalue weighted by Gasteiger charge is 2.11. The molecule has 0 saturated carbocycles. The molecule has 160 valence electrons. The van der Waals surface area contributed by atoms with E-state index in [1.54, 1.807) is 36.5 Å². The molecule has 32 heavy (non-hydrogen) atoms. The van der Waals surface area contributed by atoms with E-state index >= 15 is 0 Å².